The first-order valence-electron chi connectivity index (χ1n) is 11.6. The van der Waals surface area contributed by atoms with Crippen molar-refractivity contribution in [3.8, 4) is 0 Å². The van der Waals surface area contributed by atoms with Gasteiger partial charge in [0.25, 0.3) is 0 Å². The predicted molar refractivity (Wildman–Crippen MR) is 116 cm³/mol. The Balaban J connectivity index is 4.10. The lowest BCUT2D eigenvalue weighted by Crippen LogP contribution is -2.50. The van der Waals surface area contributed by atoms with E-state index in [0.717, 1.165) is 38.5 Å². The average Bonchev–Trinajstić information content (AvgIpc) is 2.66. The number of nitrogens with two attached hydrogens (primary N) is 1. The second-order valence-corrected chi connectivity index (χ2v) is 8.09. The number of carbonyl (C=O) groups excluding carboxylic acids is 2. The van der Waals surface area contributed by atoms with Gasteiger partial charge in [-0.3, -0.25) is 9.59 Å². The largest absolute Gasteiger partial charge is 0.369 e. The number of hydrogen-bond donors (Lipinski definition) is 2. The standard InChI is InChI=1S/C23H46N2O2/c1-4-7-10-11-12-13-14-15-16-17-20-25-22(27)23(21(24)26,18-8-5-2)19-9-6-3/h4-20H2,1-3H3,(H2,24,26)(H,25,27). The van der Waals surface area contributed by atoms with Crippen LogP contribution in [0.15, 0.2) is 0 Å². The average molecular weight is 383 g/mol. The van der Waals surface area contributed by atoms with Gasteiger partial charge in [0.1, 0.15) is 5.41 Å². The van der Waals surface area contributed by atoms with E-state index in [1.165, 1.54) is 51.4 Å². The van der Waals surface area contributed by atoms with Crippen molar-refractivity contribution in [2.75, 3.05) is 6.54 Å². The molecule has 0 fully saturated rings. The van der Waals surface area contributed by atoms with Crippen molar-refractivity contribution in [2.45, 2.75) is 124 Å². The lowest BCUT2D eigenvalue weighted by Gasteiger charge is -2.29. The van der Waals surface area contributed by atoms with Crippen LogP contribution in [0.5, 0.6) is 0 Å². The maximum absolute atomic E-state index is 12.8. The number of nitrogens with one attached hydrogen (secondary N) is 1. The molecule has 0 aliphatic rings. The summed E-state index contributed by atoms with van der Waals surface area (Å²) in [5.41, 5.74) is 4.67. The zero-order valence-corrected chi connectivity index (χ0v) is 18.4. The van der Waals surface area contributed by atoms with Crippen molar-refractivity contribution in [1.82, 2.24) is 5.32 Å². The van der Waals surface area contributed by atoms with E-state index < -0.39 is 11.3 Å². The molecule has 4 nitrogen and oxygen atoms in total. The summed E-state index contributed by atoms with van der Waals surface area (Å²) < 4.78 is 0. The minimum absolute atomic E-state index is 0.146. The van der Waals surface area contributed by atoms with Gasteiger partial charge in [0, 0.05) is 6.54 Å². The number of carbonyl (C=O) groups is 2. The van der Waals surface area contributed by atoms with Gasteiger partial charge in [-0.1, -0.05) is 104 Å². The molecule has 0 atom stereocenters. The van der Waals surface area contributed by atoms with E-state index in [1.54, 1.807) is 0 Å². The topological polar surface area (TPSA) is 72.2 Å². The number of rotatable bonds is 19. The molecule has 0 saturated heterocycles. The Morgan fingerprint density at radius 3 is 1.48 bits per heavy atom. The van der Waals surface area contributed by atoms with Crippen LogP contribution in [0, 0.1) is 5.41 Å². The van der Waals surface area contributed by atoms with Crippen LogP contribution >= 0.6 is 0 Å². The third kappa shape index (κ3) is 11.4. The lowest BCUT2D eigenvalue weighted by atomic mass is 9.76. The molecule has 4 heteroatoms. The van der Waals surface area contributed by atoms with Crippen molar-refractivity contribution in [3.05, 3.63) is 0 Å². The zero-order valence-electron chi connectivity index (χ0n) is 18.4. The third-order valence-corrected chi connectivity index (χ3v) is 5.64. The van der Waals surface area contributed by atoms with Gasteiger partial charge in [-0.05, 0) is 19.3 Å². The first-order chi connectivity index (χ1) is 13.0. The predicted octanol–water partition coefficient (Wildman–Crippen LogP) is 5.88. The molecule has 0 radical (unpaired) electrons. The highest BCUT2D eigenvalue weighted by Gasteiger charge is 2.42. The molecular weight excluding hydrogens is 336 g/mol. The van der Waals surface area contributed by atoms with E-state index >= 15 is 0 Å². The molecule has 0 aliphatic carbocycles. The summed E-state index contributed by atoms with van der Waals surface area (Å²) in [7, 11) is 0. The maximum atomic E-state index is 12.8. The van der Waals surface area contributed by atoms with Crippen LogP contribution in [0.1, 0.15) is 124 Å². The molecule has 0 unspecified atom stereocenters. The molecule has 0 heterocycles. The van der Waals surface area contributed by atoms with Crippen LogP contribution in [-0.2, 0) is 9.59 Å². The molecule has 0 spiro atoms. The molecule has 160 valence electrons. The van der Waals surface area contributed by atoms with Crippen molar-refractivity contribution in [1.29, 1.82) is 0 Å². The minimum Gasteiger partial charge on any atom is -0.369 e. The Morgan fingerprint density at radius 1 is 0.667 bits per heavy atom. The summed E-state index contributed by atoms with van der Waals surface area (Å²) in [6.07, 6.45) is 17.5. The first kappa shape index (κ1) is 25.9. The smallest absolute Gasteiger partial charge is 0.235 e. The quantitative estimate of drug-likeness (QED) is 0.216. The number of amides is 2. The van der Waals surface area contributed by atoms with Crippen LogP contribution in [0.3, 0.4) is 0 Å². The first-order valence-corrected chi connectivity index (χ1v) is 11.6. The molecule has 0 aromatic heterocycles. The number of unbranched alkanes of at least 4 members (excludes halogenated alkanes) is 11. The summed E-state index contributed by atoms with van der Waals surface area (Å²) >= 11 is 0. The van der Waals surface area contributed by atoms with Gasteiger partial charge in [-0.15, -0.1) is 0 Å². The van der Waals surface area contributed by atoms with Crippen molar-refractivity contribution in [2.24, 2.45) is 11.1 Å². The Morgan fingerprint density at radius 2 is 1.07 bits per heavy atom. The Hall–Kier alpha value is -1.06. The molecule has 0 bridgehead atoms. The summed E-state index contributed by atoms with van der Waals surface area (Å²) in [6, 6.07) is 0. The van der Waals surface area contributed by atoms with Gasteiger partial charge >= 0.3 is 0 Å². The second-order valence-electron chi connectivity index (χ2n) is 8.09. The summed E-state index contributed by atoms with van der Waals surface area (Å²) in [5, 5.41) is 3.01. The highest BCUT2D eigenvalue weighted by molar-refractivity contribution is 6.04. The van der Waals surface area contributed by atoms with Crippen molar-refractivity contribution >= 4 is 11.8 Å². The molecule has 0 aliphatic heterocycles. The van der Waals surface area contributed by atoms with E-state index in [9.17, 15) is 9.59 Å². The fraction of sp³-hybridized carbons (Fsp3) is 0.913. The SMILES string of the molecule is CCCCCCCCCCCCNC(=O)C(CCCC)(CCCC)C(N)=O. The van der Waals surface area contributed by atoms with Crippen LogP contribution < -0.4 is 11.1 Å². The number of primary amides is 1. The van der Waals surface area contributed by atoms with Crippen molar-refractivity contribution in [3.63, 3.8) is 0 Å². The summed E-state index contributed by atoms with van der Waals surface area (Å²) in [4.78, 5) is 24.9. The van der Waals surface area contributed by atoms with Crippen LogP contribution in [-0.4, -0.2) is 18.4 Å². The monoisotopic (exact) mass is 382 g/mol. The van der Waals surface area contributed by atoms with Gasteiger partial charge in [-0.2, -0.15) is 0 Å². The molecule has 0 saturated carbocycles. The van der Waals surface area contributed by atoms with E-state index in [-0.39, 0.29) is 5.91 Å². The lowest BCUT2D eigenvalue weighted by molar-refractivity contribution is -0.143. The van der Waals surface area contributed by atoms with Crippen LogP contribution in [0.2, 0.25) is 0 Å². The van der Waals surface area contributed by atoms with E-state index in [2.05, 4.69) is 26.1 Å². The van der Waals surface area contributed by atoms with Gasteiger partial charge < -0.3 is 11.1 Å². The van der Waals surface area contributed by atoms with E-state index in [1.807, 2.05) is 0 Å². The highest BCUT2D eigenvalue weighted by atomic mass is 16.2. The molecular formula is C23H46N2O2. The molecule has 0 aromatic carbocycles. The molecule has 3 N–H and O–H groups in total. The van der Waals surface area contributed by atoms with Crippen LogP contribution in [0.4, 0.5) is 0 Å². The number of hydrogen-bond acceptors (Lipinski definition) is 2. The Labute approximate surface area is 168 Å². The van der Waals surface area contributed by atoms with E-state index in [4.69, 9.17) is 5.73 Å². The fourth-order valence-corrected chi connectivity index (χ4v) is 3.65. The third-order valence-electron chi connectivity index (χ3n) is 5.64. The van der Waals surface area contributed by atoms with E-state index in [0.29, 0.717) is 19.4 Å². The van der Waals surface area contributed by atoms with Crippen molar-refractivity contribution < 1.29 is 9.59 Å². The van der Waals surface area contributed by atoms with Gasteiger partial charge in [0.05, 0.1) is 0 Å². The highest BCUT2D eigenvalue weighted by Crippen LogP contribution is 2.31. The molecule has 27 heavy (non-hydrogen) atoms. The van der Waals surface area contributed by atoms with Gasteiger partial charge in [0.2, 0.25) is 11.8 Å². The normalized spacial score (nSPS) is 11.5. The second kappa shape index (κ2) is 17.1. The molecule has 2 amide bonds. The Kier molecular flexibility index (Phi) is 16.4. The summed E-state index contributed by atoms with van der Waals surface area (Å²) in [6.45, 7) is 7.06. The van der Waals surface area contributed by atoms with Gasteiger partial charge in [-0.25, -0.2) is 0 Å². The Bertz CT molecular complexity index is 375. The maximum Gasteiger partial charge on any atom is 0.235 e. The molecule has 0 aromatic rings. The van der Waals surface area contributed by atoms with Gasteiger partial charge in [0.15, 0.2) is 0 Å². The minimum atomic E-state index is -1.01. The molecule has 0 rings (SSSR count). The zero-order chi connectivity index (χ0) is 20.4. The van der Waals surface area contributed by atoms with Crippen LogP contribution in [0.25, 0.3) is 0 Å². The summed E-state index contributed by atoms with van der Waals surface area (Å²) in [5.74, 6) is -0.599. The fourth-order valence-electron chi connectivity index (χ4n) is 3.65.